The van der Waals surface area contributed by atoms with Gasteiger partial charge < -0.3 is 10.1 Å². The van der Waals surface area contributed by atoms with Crippen molar-refractivity contribution in [2.45, 2.75) is 31.9 Å². The van der Waals surface area contributed by atoms with E-state index in [9.17, 15) is 23.1 Å². The summed E-state index contributed by atoms with van der Waals surface area (Å²) in [6.07, 6.45) is -2.26. The molecule has 0 fully saturated rings. The number of benzene rings is 2. The lowest BCUT2D eigenvalue weighted by Crippen LogP contribution is -2.10. The van der Waals surface area contributed by atoms with Crippen molar-refractivity contribution in [3.63, 3.8) is 0 Å². The Hall–Kier alpha value is -2.76. The number of hydrogen-bond acceptors (Lipinski definition) is 1. The fourth-order valence-corrected chi connectivity index (χ4v) is 3.34. The Bertz CT molecular complexity index is 944. The van der Waals surface area contributed by atoms with Crippen LogP contribution in [0, 0.1) is 0 Å². The smallest absolute Gasteiger partial charge is 0.416 e. The maximum Gasteiger partial charge on any atom is 0.416 e. The summed E-state index contributed by atoms with van der Waals surface area (Å²) in [4.78, 5) is 14.5. The molecule has 0 saturated carbocycles. The Kier molecular flexibility index (Phi) is 4.76. The van der Waals surface area contributed by atoms with Crippen LogP contribution in [0.15, 0.2) is 48.7 Å². The Morgan fingerprint density at radius 3 is 2.58 bits per heavy atom. The van der Waals surface area contributed by atoms with Gasteiger partial charge in [0.2, 0.25) is 0 Å². The predicted molar refractivity (Wildman–Crippen MR) is 93.2 cm³/mol. The Labute approximate surface area is 148 Å². The number of carboxylic acids is 1. The summed E-state index contributed by atoms with van der Waals surface area (Å²) in [5.41, 5.74) is 2.22. The quantitative estimate of drug-likeness (QED) is 0.643. The second-order valence-electron chi connectivity index (χ2n) is 6.21. The van der Waals surface area contributed by atoms with Gasteiger partial charge in [0.15, 0.2) is 0 Å². The third-order valence-electron chi connectivity index (χ3n) is 4.59. The molecule has 0 saturated heterocycles. The van der Waals surface area contributed by atoms with Crippen LogP contribution >= 0.6 is 0 Å². The van der Waals surface area contributed by atoms with E-state index in [4.69, 9.17) is 0 Å². The zero-order chi connectivity index (χ0) is 18.9. The highest BCUT2D eigenvalue weighted by Gasteiger charge is 2.31. The predicted octanol–water partition coefficient (Wildman–Crippen LogP) is 5.36. The number of hydrogen-bond donors (Lipinski definition) is 2. The van der Waals surface area contributed by atoms with Crippen LogP contribution < -0.4 is 0 Å². The minimum atomic E-state index is -4.47. The van der Waals surface area contributed by atoms with Crippen LogP contribution in [-0.4, -0.2) is 16.1 Å². The van der Waals surface area contributed by atoms with E-state index in [0.717, 1.165) is 35.0 Å². The molecule has 0 bridgehead atoms. The van der Waals surface area contributed by atoms with E-state index >= 15 is 0 Å². The molecule has 136 valence electrons. The molecule has 0 aliphatic rings. The van der Waals surface area contributed by atoms with Crippen molar-refractivity contribution in [3.8, 4) is 0 Å². The van der Waals surface area contributed by atoms with Crippen LogP contribution in [0.3, 0.4) is 0 Å². The van der Waals surface area contributed by atoms with Crippen LogP contribution in [0.2, 0.25) is 0 Å². The third kappa shape index (κ3) is 3.45. The topological polar surface area (TPSA) is 53.1 Å². The second-order valence-corrected chi connectivity index (χ2v) is 6.21. The number of para-hydroxylation sites is 1. The first-order valence-corrected chi connectivity index (χ1v) is 8.29. The van der Waals surface area contributed by atoms with Crippen LogP contribution in [0.4, 0.5) is 13.2 Å². The Balaban J connectivity index is 2.15. The molecule has 0 radical (unpaired) electrons. The molecule has 1 aromatic heterocycles. The average Bonchev–Trinajstić information content (AvgIpc) is 3.02. The fourth-order valence-electron chi connectivity index (χ4n) is 3.34. The number of H-pyrrole nitrogens is 1. The van der Waals surface area contributed by atoms with Crippen molar-refractivity contribution in [3.05, 3.63) is 70.9 Å². The fraction of sp³-hybridized carbons (Fsp3) is 0.250. The van der Waals surface area contributed by atoms with Gasteiger partial charge in [0.25, 0.3) is 0 Å². The molecule has 6 heteroatoms. The Morgan fingerprint density at radius 2 is 1.92 bits per heavy atom. The molecule has 0 unspecified atom stereocenters. The van der Waals surface area contributed by atoms with Gasteiger partial charge in [-0.3, -0.25) is 4.79 Å². The highest BCUT2D eigenvalue weighted by Crippen LogP contribution is 2.37. The number of carbonyl (C=O) groups is 1. The molecular weight excluding hydrogens is 343 g/mol. The standard InChI is InChI=1S/C20H18F3NO2/c1-2-12-5-4-8-15-17(11-24-19(12)15)16(10-18(25)26)13-6-3-7-14(9-13)20(21,22)23/h3-9,11,16,24H,2,10H2,1H3,(H,25,26)/t16-/m0/s1. The molecule has 1 heterocycles. The van der Waals surface area contributed by atoms with Gasteiger partial charge in [-0.2, -0.15) is 13.2 Å². The van der Waals surface area contributed by atoms with Crippen molar-refractivity contribution < 1.29 is 23.1 Å². The van der Waals surface area contributed by atoms with E-state index in [-0.39, 0.29) is 6.42 Å². The number of fused-ring (bicyclic) bond motifs is 1. The SMILES string of the molecule is CCc1cccc2c([C@@H](CC(=O)O)c3cccc(C(F)(F)F)c3)c[nH]c12. The normalized spacial score (nSPS) is 13.1. The molecule has 3 nitrogen and oxygen atoms in total. The van der Waals surface area contributed by atoms with Crippen LogP contribution in [0.1, 0.15) is 41.5 Å². The van der Waals surface area contributed by atoms with Crippen molar-refractivity contribution in [1.82, 2.24) is 4.98 Å². The van der Waals surface area contributed by atoms with Gasteiger partial charge in [0, 0.05) is 23.0 Å². The minimum Gasteiger partial charge on any atom is -0.481 e. The van der Waals surface area contributed by atoms with Gasteiger partial charge >= 0.3 is 12.1 Å². The average molecular weight is 361 g/mol. The second kappa shape index (κ2) is 6.86. The largest absolute Gasteiger partial charge is 0.481 e. The van der Waals surface area contributed by atoms with Gasteiger partial charge in [-0.1, -0.05) is 43.3 Å². The number of aryl methyl sites for hydroxylation is 1. The van der Waals surface area contributed by atoms with E-state index in [0.29, 0.717) is 11.1 Å². The number of carboxylic acid groups (broad SMARTS) is 1. The summed E-state index contributed by atoms with van der Waals surface area (Å²) in [6.45, 7) is 2.01. The van der Waals surface area contributed by atoms with Crippen molar-refractivity contribution in [2.24, 2.45) is 0 Å². The molecule has 26 heavy (non-hydrogen) atoms. The highest BCUT2D eigenvalue weighted by atomic mass is 19.4. The highest BCUT2D eigenvalue weighted by molar-refractivity contribution is 5.87. The molecule has 0 amide bonds. The van der Waals surface area contributed by atoms with Crippen molar-refractivity contribution >= 4 is 16.9 Å². The lowest BCUT2D eigenvalue weighted by Gasteiger charge is -2.17. The van der Waals surface area contributed by atoms with Crippen molar-refractivity contribution in [2.75, 3.05) is 0 Å². The lowest BCUT2D eigenvalue weighted by atomic mass is 9.87. The third-order valence-corrected chi connectivity index (χ3v) is 4.59. The summed E-state index contributed by atoms with van der Waals surface area (Å²) in [5, 5.41) is 10.2. The number of aliphatic carboxylic acids is 1. The zero-order valence-corrected chi connectivity index (χ0v) is 14.1. The molecule has 0 aliphatic carbocycles. The van der Waals surface area contributed by atoms with Gasteiger partial charge in [0.05, 0.1) is 12.0 Å². The molecule has 2 N–H and O–H groups in total. The first-order chi connectivity index (χ1) is 12.3. The Morgan fingerprint density at radius 1 is 1.19 bits per heavy atom. The van der Waals surface area contributed by atoms with Gasteiger partial charge in [-0.05, 0) is 29.2 Å². The summed E-state index contributed by atoms with van der Waals surface area (Å²) in [6, 6.07) is 10.6. The number of aromatic amines is 1. The van der Waals surface area contributed by atoms with E-state index in [1.807, 2.05) is 25.1 Å². The van der Waals surface area contributed by atoms with Crippen molar-refractivity contribution in [1.29, 1.82) is 0 Å². The molecule has 3 aromatic rings. The minimum absolute atomic E-state index is 0.287. The summed E-state index contributed by atoms with van der Waals surface area (Å²) in [5.74, 6) is -1.73. The molecule has 1 atom stereocenters. The summed E-state index contributed by atoms with van der Waals surface area (Å²) in [7, 11) is 0. The number of aromatic nitrogens is 1. The molecule has 0 aliphatic heterocycles. The maximum absolute atomic E-state index is 13.1. The summed E-state index contributed by atoms with van der Waals surface area (Å²) >= 11 is 0. The molecule has 2 aromatic carbocycles. The van der Waals surface area contributed by atoms with Gasteiger partial charge in [0.1, 0.15) is 0 Å². The first-order valence-electron chi connectivity index (χ1n) is 8.29. The van der Waals surface area contributed by atoms with E-state index in [2.05, 4.69) is 4.98 Å². The lowest BCUT2D eigenvalue weighted by molar-refractivity contribution is -0.138. The molecular formula is C20H18F3NO2. The van der Waals surface area contributed by atoms with Gasteiger partial charge in [-0.15, -0.1) is 0 Å². The van der Waals surface area contributed by atoms with Crippen LogP contribution in [0.25, 0.3) is 10.9 Å². The van der Waals surface area contributed by atoms with E-state index < -0.39 is 23.6 Å². The van der Waals surface area contributed by atoms with Gasteiger partial charge in [-0.25, -0.2) is 0 Å². The summed E-state index contributed by atoms with van der Waals surface area (Å²) < 4.78 is 39.2. The number of rotatable bonds is 5. The van der Waals surface area contributed by atoms with Crippen LogP contribution in [-0.2, 0) is 17.4 Å². The molecule has 3 rings (SSSR count). The van der Waals surface area contributed by atoms with E-state index in [1.54, 1.807) is 12.3 Å². The monoisotopic (exact) mass is 361 g/mol. The number of halogens is 3. The maximum atomic E-state index is 13.1. The van der Waals surface area contributed by atoms with E-state index in [1.165, 1.54) is 6.07 Å². The number of nitrogens with one attached hydrogen (secondary N) is 1. The zero-order valence-electron chi connectivity index (χ0n) is 14.1. The molecule has 0 spiro atoms. The first kappa shape index (κ1) is 18.0. The van der Waals surface area contributed by atoms with Crippen LogP contribution in [0.5, 0.6) is 0 Å². The number of alkyl halides is 3.